The van der Waals surface area contributed by atoms with Gasteiger partial charge in [-0.1, -0.05) is 42.4 Å². The Balaban J connectivity index is 1.43. The number of methoxy groups -OCH3 is 1. The molecule has 0 bridgehead atoms. The molecule has 164 valence electrons. The van der Waals surface area contributed by atoms with E-state index >= 15 is 0 Å². The molecule has 1 aromatic heterocycles. The molecule has 1 aliphatic heterocycles. The van der Waals surface area contributed by atoms with Crippen molar-refractivity contribution < 1.29 is 17.7 Å². The van der Waals surface area contributed by atoms with Gasteiger partial charge in [0, 0.05) is 32.1 Å². The molecule has 0 spiro atoms. The first-order chi connectivity index (χ1) is 15.0. The first-order valence-corrected chi connectivity index (χ1v) is 11.7. The van der Waals surface area contributed by atoms with Gasteiger partial charge < -0.3 is 14.2 Å². The molecule has 2 heterocycles. The largest absolute Gasteiger partial charge is 0.497 e. The second-order valence-corrected chi connectivity index (χ2v) is 9.31. The maximum absolute atomic E-state index is 12.9. The van der Waals surface area contributed by atoms with Crippen LogP contribution in [0.2, 0.25) is 0 Å². The lowest BCUT2D eigenvalue weighted by atomic mass is 9.96. The first kappa shape index (κ1) is 21.3. The lowest BCUT2D eigenvalue weighted by Crippen LogP contribution is -2.48. The van der Waals surface area contributed by atoms with Gasteiger partial charge in [0.2, 0.25) is 10.0 Å². The van der Waals surface area contributed by atoms with Gasteiger partial charge in [-0.3, -0.25) is 0 Å². The maximum atomic E-state index is 12.9. The minimum atomic E-state index is -3.56. The Hall–Kier alpha value is -2.91. The highest BCUT2D eigenvalue weighted by Gasteiger charge is 2.30. The number of hydrogen-bond acceptors (Lipinski definition) is 7. The number of benzene rings is 2. The van der Waals surface area contributed by atoms with Crippen molar-refractivity contribution in [2.24, 2.45) is 0 Å². The second kappa shape index (κ2) is 9.07. The maximum Gasteiger partial charge on any atom is 0.324 e. The van der Waals surface area contributed by atoms with E-state index in [0.717, 1.165) is 12.0 Å². The molecule has 1 saturated heterocycles. The first-order valence-electron chi connectivity index (χ1n) is 10.3. The lowest BCUT2D eigenvalue weighted by molar-refractivity contribution is 0.352. The van der Waals surface area contributed by atoms with Gasteiger partial charge in [-0.15, -0.1) is 0 Å². The monoisotopic (exact) mass is 442 g/mol. The van der Waals surface area contributed by atoms with E-state index in [0.29, 0.717) is 43.8 Å². The molecule has 31 heavy (non-hydrogen) atoms. The fraction of sp³-hybridized carbons (Fsp3) is 0.364. The minimum Gasteiger partial charge on any atom is -0.497 e. The molecule has 1 fully saturated rings. The van der Waals surface area contributed by atoms with Crippen LogP contribution in [0.4, 0.5) is 6.01 Å². The summed E-state index contributed by atoms with van der Waals surface area (Å²) in [5.41, 5.74) is 1.15. The average Bonchev–Trinajstić information content (AvgIpc) is 3.30. The summed E-state index contributed by atoms with van der Waals surface area (Å²) < 4.78 is 38.0. The summed E-state index contributed by atoms with van der Waals surface area (Å²) in [7, 11) is -2.01. The van der Waals surface area contributed by atoms with E-state index in [1.807, 2.05) is 23.1 Å². The number of nitrogens with zero attached hydrogens (tertiary/aromatic N) is 4. The summed E-state index contributed by atoms with van der Waals surface area (Å²) in [5, 5.41) is 4.20. The van der Waals surface area contributed by atoms with E-state index in [2.05, 4.69) is 29.2 Å². The Bertz CT molecular complexity index is 1090. The van der Waals surface area contributed by atoms with Crippen LogP contribution in [0.5, 0.6) is 5.75 Å². The van der Waals surface area contributed by atoms with Gasteiger partial charge in [0.25, 0.3) is 0 Å². The third kappa shape index (κ3) is 4.42. The van der Waals surface area contributed by atoms with E-state index in [1.165, 1.54) is 4.31 Å². The number of anilines is 1. The van der Waals surface area contributed by atoms with Crippen molar-refractivity contribution in [2.45, 2.75) is 24.2 Å². The van der Waals surface area contributed by atoms with Crippen LogP contribution in [0.25, 0.3) is 0 Å². The summed E-state index contributed by atoms with van der Waals surface area (Å²) in [6.07, 6.45) is 0.858. The van der Waals surface area contributed by atoms with Gasteiger partial charge in [-0.2, -0.15) is 9.29 Å². The summed E-state index contributed by atoms with van der Waals surface area (Å²) in [4.78, 5) is 6.81. The molecule has 9 heteroatoms. The van der Waals surface area contributed by atoms with Crippen molar-refractivity contribution in [3.63, 3.8) is 0 Å². The quantitative estimate of drug-likeness (QED) is 0.555. The van der Waals surface area contributed by atoms with Crippen molar-refractivity contribution in [3.05, 3.63) is 66.0 Å². The second-order valence-electron chi connectivity index (χ2n) is 7.37. The Morgan fingerprint density at radius 1 is 1.03 bits per heavy atom. The van der Waals surface area contributed by atoms with Crippen LogP contribution in [0.15, 0.2) is 64.0 Å². The molecular weight excluding hydrogens is 416 g/mol. The Labute approximate surface area is 182 Å². The zero-order chi connectivity index (χ0) is 21.8. The van der Waals surface area contributed by atoms with Crippen molar-refractivity contribution >= 4 is 16.0 Å². The number of piperazine rings is 1. The van der Waals surface area contributed by atoms with Crippen LogP contribution < -0.4 is 9.64 Å². The van der Waals surface area contributed by atoms with Gasteiger partial charge in [-0.25, -0.2) is 8.42 Å². The molecule has 3 aromatic rings. The smallest absolute Gasteiger partial charge is 0.324 e. The zero-order valence-electron chi connectivity index (χ0n) is 17.6. The molecule has 0 unspecified atom stereocenters. The molecule has 0 N–H and O–H groups in total. The Kier molecular flexibility index (Phi) is 6.24. The summed E-state index contributed by atoms with van der Waals surface area (Å²) >= 11 is 0. The summed E-state index contributed by atoms with van der Waals surface area (Å²) in [6.45, 7) is 3.76. The van der Waals surface area contributed by atoms with Crippen molar-refractivity contribution in [2.75, 3.05) is 38.2 Å². The summed E-state index contributed by atoms with van der Waals surface area (Å²) in [5.74, 6) is 1.34. The van der Waals surface area contributed by atoms with Gasteiger partial charge in [-0.05, 0) is 36.2 Å². The van der Waals surface area contributed by atoms with Crippen LogP contribution in [-0.4, -0.2) is 56.2 Å². The van der Waals surface area contributed by atoms with Gasteiger partial charge in [0.1, 0.15) is 5.75 Å². The van der Waals surface area contributed by atoms with Gasteiger partial charge in [0.05, 0.1) is 12.0 Å². The fourth-order valence-corrected chi connectivity index (χ4v) is 5.19. The number of sulfonamides is 1. The van der Waals surface area contributed by atoms with Crippen LogP contribution in [0, 0.1) is 0 Å². The standard InChI is InChI=1S/C22H26N4O4S/c1-3-20(17-7-5-4-6-8-17)21-23-22(30-24-21)25-13-15-26(16-14-25)31(27,28)19-11-9-18(29-2)10-12-19/h4-12,20H,3,13-16H2,1-2H3/t20-/m0/s1. The van der Waals surface area contributed by atoms with E-state index in [9.17, 15) is 8.42 Å². The zero-order valence-corrected chi connectivity index (χ0v) is 18.5. The highest BCUT2D eigenvalue weighted by molar-refractivity contribution is 7.89. The lowest BCUT2D eigenvalue weighted by Gasteiger charge is -2.32. The Morgan fingerprint density at radius 2 is 1.71 bits per heavy atom. The number of hydrogen-bond donors (Lipinski definition) is 0. The average molecular weight is 443 g/mol. The molecule has 0 saturated carbocycles. The number of aromatic nitrogens is 2. The predicted octanol–water partition coefficient (Wildman–Crippen LogP) is 3.13. The number of ether oxygens (including phenoxy) is 1. The molecule has 0 amide bonds. The molecule has 0 radical (unpaired) electrons. The van der Waals surface area contributed by atoms with Crippen LogP contribution in [-0.2, 0) is 10.0 Å². The van der Waals surface area contributed by atoms with E-state index < -0.39 is 10.0 Å². The molecule has 1 aliphatic rings. The third-order valence-corrected chi connectivity index (χ3v) is 7.47. The minimum absolute atomic E-state index is 0.0652. The van der Waals surface area contributed by atoms with Crippen LogP contribution in [0.1, 0.15) is 30.7 Å². The fourth-order valence-electron chi connectivity index (χ4n) is 3.77. The molecule has 0 aliphatic carbocycles. The van der Waals surface area contributed by atoms with Crippen molar-refractivity contribution in [1.29, 1.82) is 0 Å². The van der Waals surface area contributed by atoms with E-state index in [-0.39, 0.29) is 10.8 Å². The van der Waals surface area contributed by atoms with Crippen LogP contribution in [0.3, 0.4) is 0 Å². The highest BCUT2D eigenvalue weighted by Crippen LogP contribution is 2.28. The topological polar surface area (TPSA) is 88.8 Å². The van der Waals surface area contributed by atoms with Gasteiger partial charge in [0.15, 0.2) is 5.82 Å². The van der Waals surface area contributed by atoms with E-state index in [4.69, 9.17) is 9.26 Å². The van der Waals surface area contributed by atoms with Crippen molar-refractivity contribution in [3.8, 4) is 5.75 Å². The molecule has 2 aromatic carbocycles. The molecule has 8 nitrogen and oxygen atoms in total. The summed E-state index contributed by atoms with van der Waals surface area (Å²) in [6, 6.07) is 17.0. The van der Waals surface area contributed by atoms with Crippen molar-refractivity contribution in [1.82, 2.24) is 14.4 Å². The van der Waals surface area contributed by atoms with Gasteiger partial charge >= 0.3 is 6.01 Å². The van der Waals surface area contributed by atoms with Crippen LogP contribution >= 0.6 is 0 Å². The predicted molar refractivity (Wildman–Crippen MR) is 117 cm³/mol. The molecular formula is C22H26N4O4S. The Morgan fingerprint density at radius 3 is 2.32 bits per heavy atom. The number of rotatable bonds is 7. The molecule has 4 rings (SSSR count). The third-order valence-electron chi connectivity index (χ3n) is 5.56. The molecule has 1 atom stereocenters. The highest BCUT2D eigenvalue weighted by atomic mass is 32.2. The SMILES string of the molecule is CC[C@@H](c1ccccc1)c1noc(N2CCN(S(=O)(=O)c3ccc(OC)cc3)CC2)n1. The van der Waals surface area contributed by atoms with E-state index in [1.54, 1.807) is 31.4 Å². The normalized spacial score (nSPS) is 16.3.